The molecule has 2 amide bonds. The van der Waals surface area contributed by atoms with Crippen LogP contribution in [0.15, 0.2) is 42.0 Å². The zero-order valence-electron chi connectivity index (χ0n) is 14.3. The van der Waals surface area contributed by atoms with Gasteiger partial charge in [0.2, 0.25) is 11.8 Å². The van der Waals surface area contributed by atoms with Gasteiger partial charge in [0.25, 0.3) is 0 Å². The molecule has 1 aliphatic heterocycles. The first-order chi connectivity index (χ1) is 12.7. The summed E-state index contributed by atoms with van der Waals surface area (Å²) in [6.45, 7) is 1.18. The van der Waals surface area contributed by atoms with E-state index in [1.54, 1.807) is 6.20 Å². The summed E-state index contributed by atoms with van der Waals surface area (Å²) in [5.74, 6) is -0.161. The fraction of sp³-hybridized carbons (Fsp3) is 0.316. The molecule has 0 spiro atoms. The third kappa shape index (κ3) is 3.48. The Morgan fingerprint density at radius 3 is 3.08 bits per heavy atom. The SMILES string of the molecule is O=C(Nc1nccs1)C1CCCN(C(=O)Cc2c[nH]c3ccccc23)C1. The van der Waals surface area contributed by atoms with Gasteiger partial charge in [-0.15, -0.1) is 11.3 Å². The van der Waals surface area contributed by atoms with Crippen molar-refractivity contribution < 1.29 is 9.59 Å². The number of carbonyl (C=O) groups is 2. The molecule has 2 aromatic heterocycles. The molecule has 1 aromatic carbocycles. The number of aromatic amines is 1. The van der Waals surface area contributed by atoms with Crippen molar-refractivity contribution in [3.05, 3.63) is 47.6 Å². The van der Waals surface area contributed by atoms with Crippen molar-refractivity contribution in [3.8, 4) is 0 Å². The average Bonchev–Trinajstić information content (AvgIpc) is 3.32. The Kier molecular flexibility index (Phi) is 4.71. The summed E-state index contributed by atoms with van der Waals surface area (Å²) >= 11 is 1.40. The molecule has 1 aliphatic rings. The number of piperidine rings is 1. The smallest absolute Gasteiger partial charge is 0.231 e. The third-order valence-electron chi connectivity index (χ3n) is 4.82. The fourth-order valence-electron chi connectivity index (χ4n) is 3.46. The van der Waals surface area contributed by atoms with Crippen LogP contribution >= 0.6 is 11.3 Å². The number of carbonyl (C=O) groups excluding carboxylic acids is 2. The molecule has 0 radical (unpaired) electrons. The molecule has 4 rings (SSSR count). The second kappa shape index (κ2) is 7.29. The van der Waals surface area contributed by atoms with Crippen molar-refractivity contribution in [1.82, 2.24) is 14.9 Å². The maximum atomic E-state index is 12.8. The zero-order chi connectivity index (χ0) is 17.9. The molecule has 1 saturated heterocycles. The van der Waals surface area contributed by atoms with E-state index in [2.05, 4.69) is 15.3 Å². The quantitative estimate of drug-likeness (QED) is 0.743. The van der Waals surface area contributed by atoms with Gasteiger partial charge in [-0.3, -0.25) is 9.59 Å². The second-order valence-electron chi connectivity index (χ2n) is 6.54. The van der Waals surface area contributed by atoms with Gasteiger partial charge in [0.05, 0.1) is 12.3 Å². The molecule has 3 aromatic rings. The molecule has 134 valence electrons. The fourth-order valence-corrected chi connectivity index (χ4v) is 3.99. The van der Waals surface area contributed by atoms with Crippen molar-refractivity contribution >= 4 is 39.2 Å². The number of amides is 2. The minimum atomic E-state index is -0.181. The van der Waals surface area contributed by atoms with Crippen LogP contribution in [0.1, 0.15) is 18.4 Å². The molecule has 0 aliphatic carbocycles. The van der Waals surface area contributed by atoms with Crippen LogP contribution in [0.4, 0.5) is 5.13 Å². The van der Waals surface area contributed by atoms with E-state index in [0.717, 1.165) is 29.3 Å². The number of anilines is 1. The Morgan fingerprint density at radius 2 is 2.23 bits per heavy atom. The van der Waals surface area contributed by atoms with E-state index in [1.165, 1.54) is 11.3 Å². The molecule has 7 heteroatoms. The highest BCUT2D eigenvalue weighted by atomic mass is 32.1. The lowest BCUT2D eigenvalue weighted by atomic mass is 9.96. The van der Waals surface area contributed by atoms with E-state index >= 15 is 0 Å². The number of nitrogens with one attached hydrogen (secondary N) is 2. The molecule has 1 atom stereocenters. The Hall–Kier alpha value is -2.67. The molecule has 3 heterocycles. The largest absolute Gasteiger partial charge is 0.361 e. The van der Waals surface area contributed by atoms with Crippen molar-refractivity contribution in [2.45, 2.75) is 19.3 Å². The first-order valence-corrected chi connectivity index (χ1v) is 9.62. The first kappa shape index (κ1) is 16.8. The van der Waals surface area contributed by atoms with E-state index < -0.39 is 0 Å². The Labute approximate surface area is 155 Å². The number of thiazole rings is 1. The molecule has 1 unspecified atom stereocenters. The molecule has 0 saturated carbocycles. The number of H-pyrrole nitrogens is 1. The Balaban J connectivity index is 1.40. The lowest BCUT2D eigenvalue weighted by Gasteiger charge is -2.32. The van der Waals surface area contributed by atoms with Gasteiger partial charge in [0.15, 0.2) is 5.13 Å². The van der Waals surface area contributed by atoms with E-state index in [0.29, 0.717) is 24.6 Å². The predicted molar refractivity (Wildman–Crippen MR) is 102 cm³/mol. The van der Waals surface area contributed by atoms with Crippen LogP contribution in [0.5, 0.6) is 0 Å². The van der Waals surface area contributed by atoms with E-state index in [4.69, 9.17) is 0 Å². The summed E-state index contributed by atoms with van der Waals surface area (Å²) in [4.78, 5) is 34.3. The van der Waals surface area contributed by atoms with Crippen molar-refractivity contribution in [1.29, 1.82) is 0 Å². The number of rotatable bonds is 4. The molecule has 1 fully saturated rings. The van der Waals surface area contributed by atoms with Gasteiger partial charge in [-0.1, -0.05) is 18.2 Å². The summed E-state index contributed by atoms with van der Waals surface area (Å²) in [6.07, 6.45) is 5.56. The van der Waals surface area contributed by atoms with Crippen molar-refractivity contribution in [2.75, 3.05) is 18.4 Å². The number of hydrogen-bond acceptors (Lipinski definition) is 4. The number of hydrogen-bond donors (Lipinski definition) is 2. The highest BCUT2D eigenvalue weighted by Gasteiger charge is 2.29. The highest BCUT2D eigenvalue weighted by molar-refractivity contribution is 7.13. The number of fused-ring (bicyclic) bond motifs is 1. The van der Waals surface area contributed by atoms with E-state index in [1.807, 2.05) is 40.7 Å². The minimum absolute atomic E-state index is 0.0513. The Morgan fingerprint density at radius 1 is 1.35 bits per heavy atom. The number of aromatic nitrogens is 2. The number of nitrogens with zero attached hydrogens (tertiary/aromatic N) is 2. The van der Waals surface area contributed by atoms with Gasteiger partial charge in [0.1, 0.15) is 0 Å². The van der Waals surface area contributed by atoms with Gasteiger partial charge in [-0.05, 0) is 24.5 Å². The van der Waals surface area contributed by atoms with Crippen LogP contribution in [0, 0.1) is 5.92 Å². The molecular formula is C19H20N4O2S. The molecule has 6 nitrogen and oxygen atoms in total. The lowest BCUT2D eigenvalue weighted by molar-refractivity contribution is -0.133. The summed E-state index contributed by atoms with van der Waals surface area (Å²) < 4.78 is 0. The summed E-state index contributed by atoms with van der Waals surface area (Å²) in [5.41, 5.74) is 2.04. The van der Waals surface area contributed by atoms with Gasteiger partial charge in [-0.2, -0.15) is 0 Å². The highest BCUT2D eigenvalue weighted by Crippen LogP contribution is 2.22. The first-order valence-electron chi connectivity index (χ1n) is 8.74. The summed E-state index contributed by atoms with van der Waals surface area (Å²) in [6, 6.07) is 7.98. The van der Waals surface area contributed by atoms with Gasteiger partial charge in [0, 0.05) is 41.8 Å². The van der Waals surface area contributed by atoms with Crippen LogP contribution in [-0.2, 0) is 16.0 Å². The van der Waals surface area contributed by atoms with Crippen LogP contribution in [-0.4, -0.2) is 39.8 Å². The standard InChI is InChI=1S/C19H20N4O2S/c24-17(10-14-11-21-16-6-2-1-5-15(14)16)23-8-3-4-13(12-23)18(25)22-19-20-7-9-26-19/h1-2,5-7,9,11,13,21H,3-4,8,10,12H2,(H,20,22,25). The third-order valence-corrected chi connectivity index (χ3v) is 5.51. The monoisotopic (exact) mass is 368 g/mol. The van der Waals surface area contributed by atoms with Gasteiger partial charge in [-0.25, -0.2) is 4.98 Å². The summed E-state index contributed by atoms with van der Waals surface area (Å²) in [5, 5.41) is 6.36. The minimum Gasteiger partial charge on any atom is -0.361 e. The number of likely N-dealkylation sites (tertiary alicyclic amines) is 1. The molecule has 0 bridgehead atoms. The summed E-state index contributed by atoms with van der Waals surface area (Å²) in [7, 11) is 0. The maximum absolute atomic E-state index is 12.8. The van der Waals surface area contributed by atoms with Gasteiger partial charge < -0.3 is 15.2 Å². The molecule has 26 heavy (non-hydrogen) atoms. The number of para-hydroxylation sites is 1. The predicted octanol–water partition coefficient (Wildman–Crippen LogP) is 3.04. The second-order valence-corrected chi connectivity index (χ2v) is 7.44. The van der Waals surface area contributed by atoms with Crippen molar-refractivity contribution in [2.24, 2.45) is 5.92 Å². The Bertz CT molecular complexity index is 919. The lowest BCUT2D eigenvalue weighted by Crippen LogP contribution is -2.44. The van der Waals surface area contributed by atoms with Crippen LogP contribution in [0.2, 0.25) is 0 Å². The normalized spacial score (nSPS) is 17.4. The van der Waals surface area contributed by atoms with Crippen LogP contribution in [0.3, 0.4) is 0 Å². The van der Waals surface area contributed by atoms with Gasteiger partial charge >= 0.3 is 0 Å². The molecule has 2 N–H and O–H groups in total. The van der Waals surface area contributed by atoms with E-state index in [-0.39, 0.29) is 17.7 Å². The number of benzene rings is 1. The van der Waals surface area contributed by atoms with Crippen molar-refractivity contribution in [3.63, 3.8) is 0 Å². The van der Waals surface area contributed by atoms with Crippen LogP contribution < -0.4 is 5.32 Å². The maximum Gasteiger partial charge on any atom is 0.231 e. The topological polar surface area (TPSA) is 78.1 Å². The average molecular weight is 368 g/mol. The van der Waals surface area contributed by atoms with E-state index in [9.17, 15) is 9.59 Å². The molecular weight excluding hydrogens is 348 g/mol. The zero-order valence-corrected chi connectivity index (χ0v) is 15.1. The van der Waals surface area contributed by atoms with Crippen LogP contribution in [0.25, 0.3) is 10.9 Å².